The van der Waals surface area contributed by atoms with Gasteiger partial charge in [-0.3, -0.25) is 4.79 Å². The maximum Gasteiger partial charge on any atom is 0.338 e. The van der Waals surface area contributed by atoms with Crippen LogP contribution in [0.5, 0.6) is 0 Å². The molecule has 0 aliphatic carbocycles. The first-order valence-corrected chi connectivity index (χ1v) is 9.75. The summed E-state index contributed by atoms with van der Waals surface area (Å²) in [6, 6.07) is 6.59. The van der Waals surface area contributed by atoms with Gasteiger partial charge in [-0.05, 0) is 36.8 Å². The highest BCUT2D eigenvalue weighted by Crippen LogP contribution is 2.28. The van der Waals surface area contributed by atoms with Crippen molar-refractivity contribution in [3.8, 4) is 0 Å². The smallest absolute Gasteiger partial charge is 0.338 e. The molecule has 1 atom stereocenters. The van der Waals surface area contributed by atoms with Gasteiger partial charge >= 0.3 is 18.0 Å². The van der Waals surface area contributed by atoms with Crippen LogP contribution in [0.2, 0.25) is 10.0 Å². The van der Waals surface area contributed by atoms with Gasteiger partial charge in [-0.1, -0.05) is 29.3 Å². The highest BCUT2D eigenvalue weighted by molar-refractivity contribution is 6.42. The first-order chi connectivity index (χ1) is 14.4. The number of amides is 2. The van der Waals surface area contributed by atoms with Crippen LogP contribution in [0.3, 0.4) is 0 Å². The average molecular weight is 453 g/mol. The third-order valence-electron chi connectivity index (χ3n) is 4.19. The summed E-state index contributed by atoms with van der Waals surface area (Å²) in [6.07, 6.45) is 1.36. The molecular formula is C20H18Cl2N2O6. The van der Waals surface area contributed by atoms with Gasteiger partial charge in [-0.15, -0.1) is 0 Å². The molecule has 0 saturated heterocycles. The summed E-state index contributed by atoms with van der Waals surface area (Å²) in [5, 5.41) is 5.81. The van der Waals surface area contributed by atoms with Crippen LogP contribution >= 0.6 is 23.2 Å². The highest BCUT2D eigenvalue weighted by Gasteiger charge is 2.35. The molecule has 1 aromatic heterocycles. The standard InChI is InChI=1S/C20H18Cl2N2O6/c1-2-28-19(26)17-14(23-20(27)24-18(17)15-4-3-7-29-15)10-30-16(25)9-11-5-6-12(21)13(22)8-11/h3-8,18H,2,9-10H2,1H3,(H2,23,24,27). The molecule has 2 heterocycles. The number of hydrogen-bond donors (Lipinski definition) is 2. The van der Waals surface area contributed by atoms with Crippen molar-refractivity contribution in [1.29, 1.82) is 0 Å². The van der Waals surface area contributed by atoms with E-state index >= 15 is 0 Å². The first kappa shape index (κ1) is 21.7. The van der Waals surface area contributed by atoms with Crippen LogP contribution in [0.25, 0.3) is 0 Å². The Hall–Kier alpha value is -2.97. The Morgan fingerprint density at radius 1 is 1.17 bits per heavy atom. The zero-order chi connectivity index (χ0) is 21.7. The van der Waals surface area contributed by atoms with E-state index in [0.717, 1.165) is 0 Å². The molecule has 1 aliphatic rings. The molecule has 0 fully saturated rings. The highest BCUT2D eigenvalue weighted by atomic mass is 35.5. The molecule has 0 radical (unpaired) electrons. The quantitative estimate of drug-likeness (QED) is 0.622. The number of carbonyl (C=O) groups excluding carboxylic acids is 3. The molecule has 2 N–H and O–H groups in total. The fraction of sp³-hybridized carbons (Fsp3) is 0.250. The maximum atomic E-state index is 12.5. The second-order valence-corrected chi connectivity index (χ2v) is 7.06. The number of esters is 2. The van der Waals surface area contributed by atoms with Gasteiger partial charge in [0.25, 0.3) is 0 Å². The Labute approximate surface area is 182 Å². The molecule has 1 aliphatic heterocycles. The summed E-state index contributed by atoms with van der Waals surface area (Å²) in [6.45, 7) is 1.45. The zero-order valence-corrected chi connectivity index (χ0v) is 17.4. The second-order valence-electron chi connectivity index (χ2n) is 6.25. The molecule has 0 saturated carbocycles. The largest absolute Gasteiger partial charge is 0.467 e. The average Bonchev–Trinajstić information content (AvgIpc) is 3.23. The molecule has 2 amide bonds. The maximum absolute atomic E-state index is 12.5. The lowest BCUT2D eigenvalue weighted by molar-refractivity contribution is -0.143. The van der Waals surface area contributed by atoms with Crippen molar-refractivity contribution >= 4 is 41.2 Å². The minimum atomic E-state index is -0.878. The summed E-state index contributed by atoms with van der Waals surface area (Å²) in [7, 11) is 0. The van der Waals surface area contributed by atoms with E-state index in [1.807, 2.05) is 0 Å². The van der Waals surface area contributed by atoms with Crippen molar-refractivity contribution in [2.75, 3.05) is 13.2 Å². The number of carbonyl (C=O) groups is 3. The van der Waals surface area contributed by atoms with Crippen molar-refractivity contribution in [3.63, 3.8) is 0 Å². The Kier molecular flexibility index (Phi) is 7.02. The molecule has 158 valence electrons. The fourth-order valence-corrected chi connectivity index (χ4v) is 3.19. The van der Waals surface area contributed by atoms with E-state index in [1.165, 1.54) is 6.26 Å². The van der Waals surface area contributed by atoms with Gasteiger partial charge in [-0.2, -0.15) is 0 Å². The molecule has 1 unspecified atom stereocenters. The molecule has 2 aromatic rings. The van der Waals surface area contributed by atoms with Crippen LogP contribution in [0.4, 0.5) is 4.79 Å². The third kappa shape index (κ3) is 5.14. The number of rotatable bonds is 7. The predicted molar refractivity (Wildman–Crippen MR) is 108 cm³/mol. The molecule has 0 spiro atoms. The molecule has 1 aromatic carbocycles. The topological polar surface area (TPSA) is 107 Å². The van der Waals surface area contributed by atoms with Crippen LogP contribution in [-0.4, -0.2) is 31.2 Å². The first-order valence-electron chi connectivity index (χ1n) is 8.99. The van der Waals surface area contributed by atoms with Gasteiger partial charge < -0.3 is 24.5 Å². The lowest BCUT2D eigenvalue weighted by Gasteiger charge is -2.27. The number of benzene rings is 1. The summed E-state index contributed by atoms with van der Waals surface area (Å²) in [5.74, 6) is -0.902. The van der Waals surface area contributed by atoms with E-state index in [-0.39, 0.29) is 30.9 Å². The van der Waals surface area contributed by atoms with E-state index in [2.05, 4.69) is 10.6 Å². The summed E-state index contributed by atoms with van der Waals surface area (Å²) >= 11 is 11.8. The Morgan fingerprint density at radius 2 is 1.97 bits per heavy atom. The minimum absolute atomic E-state index is 0.0628. The second kappa shape index (κ2) is 9.69. The molecule has 10 heteroatoms. The summed E-state index contributed by atoms with van der Waals surface area (Å²) in [4.78, 5) is 36.9. The van der Waals surface area contributed by atoms with Gasteiger partial charge in [0.1, 0.15) is 18.4 Å². The van der Waals surface area contributed by atoms with Crippen LogP contribution in [0, 0.1) is 0 Å². The van der Waals surface area contributed by atoms with E-state index in [4.69, 9.17) is 37.1 Å². The minimum Gasteiger partial charge on any atom is -0.467 e. The Bertz CT molecular complexity index is 987. The van der Waals surface area contributed by atoms with Crippen LogP contribution in [-0.2, 0) is 25.5 Å². The van der Waals surface area contributed by atoms with E-state index in [0.29, 0.717) is 21.4 Å². The van der Waals surface area contributed by atoms with E-state index < -0.39 is 24.0 Å². The monoisotopic (exact) mass is 452 g/mol. The number of urea groups is 1. The van der Waals surface area contributed by atoms with Crippen LogP contribution < -0.4 is 10.6 Å². The van der Waals surface area contributed by atoms with Crippen molar-refractivity contribution < 1.29 is 28.3 Å². The number of halogens is 2. The van der Waals surface area contributed by atoms with Gasteiger partial charge in [0.05, 0.1) is 40.6 Å². The van der Waals surface area contributed by atoms with Crippen LogP contribution in [0.15, 0.2) is 52.3 Å². The Morgan fingerprint density at radius 3 is 2.63 bits per heavy atom. The van der Waals surface area contributed by atoms with Crippen LogP contribution in [0.1, 0.15) is 24.3 Å². The number of nitrogens with one attached hydrogen (secondary N) is 2. The molecule has 0 bridgehead atoms. The summed E-state index contributed by atoms with van der Waals surface area (Å²) in [5.41, 5.74) is 0.812. The SMILES string of the molecule is CCOC(=O)C1=C(COC(=O)Cc2ccc(Cl)c(Cl)c2)NC(=O)NC1c1ccco1. The third-order valence-corrected chi connectivity index (χ3v) is 4.93. The van der Waals surface area contributed by atoms with Crippen molar-refractivity contribution in [2.24, 2.45) is 0 Å². The van der Waals surface area contributed by atoms with Gasteiger partial charge in [0.2, 0.25) is 0 Å². The number of ether oxygens (including phenoxy) is 2. The van der Waals surface area contributed by atoms with Gasteiger partial charge in [0, 0.05) is 0 Å². The summed E-state index contributed by atoms with van der Waals surface area (Å²) < 4.78 is 15.7. The Balaban J connectivity index is 1.79. The molecule has 3 rings (SSSR count). The molecular weight excluding hydrogens is 435 g/mol. The van der Waals surface area contributed by atoms with E-state index in [9.17, 15) is 14.4 Å². The zero-order valence-electron chi connectivity index (χ0n) is 15.9. The fourth-order valence-electron chi connectivity index (χ4n) is 2.87. The predicted octanol–water partition coefficient (Wildman–Crippen LogP) is 3.54. The van der Waals surface area contributed by atoms with E-state index in [1.54, 1.807) is 37.3 Å². The van der Waals surface area contributed by atoms with Crippen molar-refractivity contribution in [3.05, 3.63) is 69.2 Å². The number of hydrogen-bond acceptors (Lipinski definition) is 6. The van der Waals surface area contributed by atoms with Gasteiger partial charge in [-0.25, -0.2) is 9.59 Å². The molecule has 30 heavy (non-hydrogen) atoms. The lowest BCUT2D eigenvalue weighted by Crippen LogP contribution is -2.47. The number of furan rings is 1. The van der Waals surface area contributed by atoms with Crippen molar-refractivity contribution in [2.45, 2.75) is 19.4 Å². The normalized spacial score (nSPS) is 16.0. The van der Waals surface area contributed by atoms with Gasteiger partial charge in [0.15, 0.2) is 0 Å². The molecule has 8 nitrogen and oxygen atoms in total. The lowest BCUT2D eigenvalue weighted by atomic mass is 10.0. The van der Waals surface area contributed by atoms with Crippen molar-refractivity contribution in [1.82, 2.24) is 10.6 Å².